The predicted octanol–water partition coefficient (Wildman–Crippen LogP) is 5.52. The van der Waals surface area contributed by atoms with Gasteiger partial charge in [-0.25, -0.2) is 4.79 Å². The molecule has 0 aliphatic rings. The summed E-state index contributed by atoms with van der Waals surface area (Å²) in [5.41, 5.74) is 2.10. The number of esters is 1. The van der Waals surface area contributed by atoms with E-state index >= 15 is 0 Å². The van der Waals surface area contributed by atoms with E-state index in [1.165, 1.54) is 6.92 Å². The molecule has 0 fully saturated rings. The van der Waals surface area contributed by atoms with Crippen LogP contribution in [0.3, 0.4) is 0 Å². The molecular formula is C28H38N2O6Si. The van der Waals surface area contributed by atoms with Gasteiger partial charge in [0.15, 0.2) is 8.32 Å². The molecule has 0 radical (unpaired) electrons. The molecule has 2 aromatic rings. The highest BCUT2D eigenvalue weighted by Gasteiger charge is 2.38. The number of rotatable bonds is 11. The molecule has 2 rings (SSSR count). The largest absolute Gasteiger partial charge is 0.462 e. The first kappa shape index (κ1) is 29.8. The van der Waals surface area contributed by atoms with Crippen molar-refractivity contribution >= 4 is 38.1 Å². The highest BCUT2D eigenvalue weighted by molar-refractivity contribution is 6.74. The lowest BCUT2D eigenvalue weighted by Crippen LogP contribution is -2.51. The Bertz CT molecular complexity index is 1080. The van der Waals surface area contributed by atoms with Crippen LogP contribution in [0.2, 0.25) is 18.1 Å². The van der Waals surface area contributed by atoms with Gasteiger partial charge in [-0.2, -0.15) is 0 Å². The quantitative estimate of drug-likeness (QED) is 0.295. The number of ether oxygens (including phenoxy) is 2. The lowest BCUT2D eigenvalue weighted by molar-refractivity contribution is -0.139. The van der Waals surface area contributed by atoms with E-state index in [-0.39, 0.29) is 30.8 Å². The Morgan fingerprint density at radius 3 is 2.27 bits per heavy atom. The average Bonchev–Trinajstić information content (AvgIpc) is 2.83. The third-order valence-electron chi connectivity index (χ3n) is 6.14. The molecule has 200 valence electrons. The van der Waals surface area contributed by atoms with E-state index in [9.17, 15) is 14.4 Å². The van der Waals surface area contributed by atoms with Crippen LogP contribution in [0, 0.1) is 0 Å². The van der Waals surface area contributed by atoms with Crippen molar-refractivity contribution in [3.63, 3.8) is 0 Å². The van der Waals surface area contributed by atoms with Crippen LogP contribution < -0.4 is 10.6 Å². The van der Waals surface area contributed by atoms with E-state index in [0.29, 0.717) is 5.69 Å². The second kappa shape index (κ2) is 13.8. The van der Waals surface area contributed by atoms with Crippen molar-refractivity contribution in [2.45, 2.75) is 58.5 Å². The summed E-state index contributed by atoms with van der Waals surface area (Å²) in [7, 11) is -2.19. The van der Waals surface area contributed by atoms with Gasteiger partial charge in [0.25, 0.3) is 0 Å². The number of nitrogens with one attached hydrogen (secondary N) is 2. The normalized spacial score (nSPS) is 12.6. The number of amides is 2. The zero-order valence-electron chi connectivity index (χ0n) is 22.5. The summed E-state index contributed by atoms with van der Waals surface area (Å²) in [6, 6.07) is 15.5. The molecule has 0 unspecified atom stereocenters. The molecule has 0 saturated heterocycles. The minimum Gasteiger partial charge on any atom is -0.462 e. The Morgan fingerprint density at radius 2 is 1.62 bits per heavy atom. The van der Waals surface area contributed by atoms with Gasteiger partial charge in [-0.1, -0.05) is 75.4 Å². The first-order chi connectivity index (χ1) is 17.4. The Morgan fingerprint density at radius 1 is 0.973 bits per heavy atom. The number of carbonyl (C=O) groups excluding carboxylic acids is 3. The molecule has 0 saturated carbocycles. The van der Waals surface area contributed by atoms with E-state index in [2.05, 4.69) is 44.5 Å². The van der Waals surface area contributed by atoms with Gasteiger partial charge in [-0.15, -0.1) is 0 Å². The van der Waals surface area contributed by atoms with Crippen molar-refractivity contribution in [3.8, 4) is 0 Å². The van der Waals surface area contributed by atoms with E-state index < -0.39 is 26.4 Å². The summed E-state index contributed by atoms with van der Waals surface area (Å²) in [6.45, 7) is 12.0. The first-order valence-electron chi connectivity index (χ1n) is 12.2. The van der Waals surface area contributed by atoms with Gasteiger partial charge in [0, 0.05) is 12.6 Å². The number of hydrogen-bond acceptors (Lipinski definition) is 6. The molecular weight excluding hydrogens is 488 g/mol. The van der Waals surface area contributed by atoms with Crippen LogP contribution in [0.5, 0.6) is 0 Å². The van der Waals surface area contributed by atoms with Gasteiger partial charge < -0.3 is 24.5 Å². The van der Waals surface area contributed by atoms with Gasteiger partial charge in [-0.05, 0) is 41.4 Å². The fraction of sp³-hybridized carbons (Fsp3) is 0.393. The number of anilines is 1. The van der Waals surface area contributed by atoms with Crippen LogP contribution in [-0.2, 0) is 30.1 Å². The summed E-state index contributed by atoms with van der Waals surface area (Å²) in [6.07, 6.45) is 2.72. The molecule has 0 aliphatic carbocycles. The zero-order chi connectivity index (χ0) is 27.5. The highest BCUT2D eigenvalue weighted by atomic mass is 28.4. The number of para-hydroxylation sites is 1. The molecule has 37 heavy (non-hydrogen) atoms. The van der Waals surface area contributed by atoms with Crippen LogP contribution in [0.1, 0.15) is 38.8 Å². The smallest absolute Gasteiger partial charge is 0.408 e. The maximum atomic E-state index is 13.3. The molecule has 9 heteroatoms. The maximum absolute atomic E-state index is 13.3. The van der Waals surface area contributed by atoms with Crippen molar-refractivity contribution < 1.29 is 28.3 Å². The SMILES string of the molecule is CC(=O)OC/C=C\c1ccccc1NC(=O)[C@H](CO[Si](C)(C)C(C)(C)C)NC(=O)OCc1ccccc1. The number of hydrogen-bond donors (Lipinski definition) is 2. The molecule has 2 aromatic carbocycles. The Balaban J connectivity index is 2.14. The molecule has 0 heterocycles. The van der Waals surface area contributed by atoms with Gasteiger partial charge in [0.1, 0.15) is 19.3 Å². The van der Waals surface area contributed by atoms with Crippen molar-refractivity contribution in [1.29, 1.82) is 0 Å². The van der Waals surface area contributed by atoms with E-state index in [4.69, 9.17) is 13.9 Å². The summed E-state index contributed by atoms with van der Waals surface area (Å²) < 4.78 is 16.5. The number of carbonyl (C=O) groups is 3. The van der Waals surface area contributed by atoms with Gasteiger partial charge in [-0.3, -0.25) is 9.59 Å². The van der Waals surface area contributed by atoms with Gasteiger partial charge >= 0.3 is 12.1 Å². The van der Waals surface area contributed by atoms with E-state index in [1.807, 2.05) is 42.5 Å². The monoisotopic (exact) mass is 526 g/mol. The zero-order valence-corrected chi connectivity index (χ0v) is 23.5. The lowest BCUT2D eigenvalue weighted by atomic mass is 10.1. The van der Waals surface area contributed by atoms with Gasteiger partial charge in [0.2, 0.25) is 5.91 Å². The molecule has 1 atom stereocenters. The summed E-state index contributed by atoms with van der Waals surface area (Å²) in [5.74, 6) is -0.808. The first-order valence-corrected chi connectivity index (χ1v) is 15.1. The molecule has 0 aliphatic heterocycles. The molecule has 8 nitrogen and oxygen atoms in total. The van der Waals surface area contributed by atoms with E-state index in [0.717, 1.165) is 11.1 Å². The van der Waals surface area contributed by atoms with Crippen LogP contribution in [0.25, 0.3) is 6.08 Å². The molecule has 2 N–H and O–H groups in total. The Labute approximate surface area is 220 Å². The van der Waals surface area contributed by atoms with Crippen LogP contribution in [0.15, 0.2) is 60.7 Å². The third-order valence-corrected chi connectivity index (χ3v) is 10.6. The van der Waals surface area contributed by atoms with Crippen molar-refractivity contribution in [1.82, 2.24) is 5.32 Å². The van der Waals surface area contributed by atoms with Crippen molar-refractivity contribution in [3.05, 3.63) is 71.8 Å². The second-order valence-electron chi connectivity index (χ2n) is 10.1. The van der Waals surface area contributed by atoms with Crippen LogP contribution >= 0.6 is 0 Å². The molecule has 0 bridgehead atoms. The Hall–Kier alpha value is -3.43. The lowest BCUT2D eigenvalue weighted by Gasteiger charge is -2.37. The summed E-state index contributed by atoms with van der Waals surface area (Å²) in [5, 5.41) is 5.48. The fourth-order valence-corrected chi connectivity index (χ4v) is 3.93. The fourth-order valence-electron chi connectivity index (χ4n) is 2.91. The minimum atomic E-state index is -2.19. The summed E-state index contributed by atoms with van der Waals surface area (Å²) >= 11 is 0. The van der Waals surface area contributed by atoms with Crippen LogP contribution in [0.4, 0.5) is 10.5 Å². The van der Waals surface area contributed by atoms with Crippen LogP contribution in [-0.4, -0.2) is 45.5 Å². The molecule has 0 spiro atoms. The Kier molecular flexibility index (Phi) is 11.1. The van der Waals surface area contributed by atoms with Gasteiger partial charge in [0.05, 0.1) is 6.61 Å². The molecule has 2 amide bonds. The minimum absolute atomic E-state index is 0.00716. The van der Waals surface area contributed by atoms with Crippen molar-refractivity contribution in [2.75, 3.05) is 18.5 Å². The van der Waals surface area contributed by atoms with Crippen molar-refractivity contribution in [2.24, 2.45) is 0 Å². The second-order valence-corrected chi connectivity index (χ2v) is 14.9. The predicted molar refractivity (Wildman–Crippen MR) is 147 cm³/mol. The maximum Gasteiger partial charge on any atom is 0.408 e. The molecule has 0 aromatic heterocycles. The van der Waals surface area contributed by atoms with E-state index in [1.54, 1.807) is 24.3 Å². The number of benzene rings is 2. The topological polar surface area (TPSA) is 103 Å². The summed E-state index contributed by atoms with van der Waals surface area (Å²) in [4.78, 5) is 36.9. The average molecular weight is 527 g/mol. The number of alkyl carbamates (subject to hydrolysis) is 1. The standard InChI is InChI=1S/C28H38N2O6Si/c1-21(31)34-18-12-16-23-15-10-11-17-24(23)29-26(32)25(20-36-37(5,6)28(2,3)4)30-27(33)35-19-22-13-8-7-9-14-22/h7-17,25H,18-20H2,1-6H3,(H,29,32)(H,30,33)/b16-12-/t25-/m0/s1. The highest BCUT2D eigenvalue weighted by Crippen LogP contribution is 2.36. The third kappa shape index (κ3) is 10.2.